The van der Waals surface area contributed by atoms with Crippen LogP contribution in [-0.4, -0.2) is 12.0 Å². The van der Waals surface area contributed by atoms with Gasteiger partial charge in [-0.2, -0.15) is 12.0 Å². The zero-order chi connectivity index (χ0) is 12.3. The van der Waals surface area contributed by atoms with E-state index >= 15 is 0 Å². The van der Waals surface area contributed by atoms with Crippen molar-refractivity contribution in [2.45, 2.75) is 27.7 Å². The van der Waals surface area contributed by atoms with Crippen LogP contribution >= 0.6 is 0 Å². The first-order valence-electron chi connectivity index (χ1n) is 4.84. The van der Waals surface area contributed by atoms with Crippen molar-refractivity contribution in [2.75, 3.05) is 0 Å². The molecule has 16 heavy (non-hydrogen) atoms. The molecular weight excluding hydrogens is 200 g/mol. The predicted octanol–water partition coefficient (Wildman–Crippen LogP) is 3.67. The summed E-state index contributed by atoms with van der Waals surface area (Å²) in [6.45, 7) is 7.53. The summed E-state index contributed by atoms with van der Waals surface area (Å²) in [7, 11) is 0. The fourth-order valence-corrected chi connectivity index (χ4v) is 1.71. The molecule has 0 aliphatic heterocycles. The molecule has 0 aliphatic rings. The summed E-state index contributed by atoms with van der Waals surface area (Å²) in [6, 6.07) is 3.60. The summed E-state index contributed by atoms with van der Waals surface area (Å²) in [5.74, 6) is 0. The molecule has 1 aromatic carbocycles. The van der Waals surface area contributed by atoms with Gasteiger partial charge in [-0.3, -0.25) is 0 Å². The van der Waals surface area contributed by atoms with Crippen molar-refractivity contribution < 1.29 is 0 Å². The van der Waals surface area contributed by atoms with E-state index in [0.29, 0.717) is 11.4 Å². The Morgan fingerprint density at radius 2 is 0.938 bits per heavy atom. The van der Waals surface area contributed by atoms with Crippen molar-refractivity contribution in [3.63, 3.8) is 0 Å². The molecule has 0 atom stereocenters. The molecule has 0 aromatic heterocycles. The lowest BCUT2D eigenvalue weighted by Gasteiger charge is -2.20. The second-order valence-corrected chi connectivity index (χ2v) is 3.62. The van der Waals surface area contributed by atoms with Crippen LogP contribution in [-0.2, 0) is 0 Å². The standard InChI is InChI=1S/C12H12N4/c1-7-8(2)12(16-6-14)10(4)9(3)11(7)15-5-13/h1-4H3/q-2. The van der Waals surface area contributed by atoms with E-state index in [9.17, 15) is 0 Å². The predicted molar refractivity (Wildman–Crippen MR) is 66.3 cm³/mol. The maximum Gasteiger partial charge on any atom is -0.0292 e. The molecular formula is C12H12N4-2. The third kappa shape index (κ3) is 1.84. The van der Waals surface area contributed by atoms with Gasteiger partial charge in [-0.05, 0) is 61.3 Å². The minimum Gasteiger partial charge on any atom is -0.422 e. The summed E-state index contributed by atoms with van der Waals surface area (Å²) >= 11 is 0. The highest BCUT2D eigenvalue weighted by Gasteiger charge is 2.07. The first-order valence-corrected chi connectivity index (χ1v) is 4.84. The second-order valence-electron chi connectivity index (χ2n) is 3.62. The van der Waals surface area contributed by atoms with E-state index in [-0.39, 0.29) is 0 Å². The summed E-state index contributed by atoms with van der Waals surface area (Å²) in [6.07, 6.45) is 0. The van der Waals surface area contributed by atoms with Crippen LogP contribution in [0.25, 0.3) is 10.8 Å². The number of nitrogens with zero attached hydrogens (tertiary/aromatic N) is 4. The molecule has 82 valence electrons. The van der Waals surface area contributed by atoms with Crippen molar-refractivity contribution in [2.24, 2.45) is 9.98 Å². The van der Waals surface area contributed by atoms with Crippen LogP contribution in [0.3, 0.4) is 0 Å². The van der Waals surface area contributed by atoms with Gasteiger partial charge in [-0.15, -0.1) is 0 Å². The molecule has 0 aliphatic carbocycles. The Morgan fingerprint density at radius 1 is 0.688 bits per heavy atom. The fraction of sp³-hybridized carbons (Fsp3) is 0.333. The Balaban J connectivity index is 3.75. The van der Waals surface area contributed by atoms with E-state index < -0.39 is 0 Å². The van der Waals surface area contributed by atoms with Crippen LogP contribution in [0.5, 0.6) is 0 Å². The summed E-state index contributed by atoms with van der Waals surface area (Å²) in [5.41, 5.74) is 4.98. The van der Waals surface area contributed by atoms with Crippen molar-refractivity contribution in [1.29, 1.82) is 0 Å². The van der Waals surface area contributed by atoms with Crippen LogP contribution < -0.4 is 0 Å². The minimum absolute atomic E-state index is 0.689. The molecule has 0 spiro atoms. The highest BCUT2D eigenvalue weighted by Crippen LogP contribution is 2.36. The minimum atomic E-state index is 0.689. The molecule has 0 amide bonds. The molecule has 4 nitrogen and oxygen atoms in total. The zero-order valence-corrected chi connectivity index (χ0v) is 9.79. The number of aliphatic imine (C=N–C) groups is 2. The molecule has 0 bridgehead atoms. The van der Waals surface area contributed by atoms with Crippen LogP contribution in [0.15, 0.2) is 9.98 Å². The first kappa shape index (κ1) is 12.1. The van der Waals surface area contributed by atoms with Gasteiger partial charge in [-0.1, -0.05) is 0 Å². The SMILES string of the molecule is Cc1c(C)c(N=C=[N-])c(C)c(C)c1N=C=[N-]. The van der Waals surface area contributed by atoms with Crippen molar-refractivity contribution in [3.05, 3.63) is 33.1 Å². The smallest absolute Gasteiger partial charge is 0.0292 e. The summed E-state index contributed by atoms with van der Waals surface area (Å²) < 4.78 is 0. The molecule has 0 heterocycles. The van der Waals surface area contributed by atoms with E-state index in [1.807, 2.05) is 27.7 Å². The van der Waals surface area contributed by atoms with Gasteiger partial charge in [0.1, 0.15) is 0 Å². The Hall–Kier alpha value is -2.02. The van der Waals surface area contributed by atoms with Crippen molar-refractivity contribution >= 4 is 23.4 Å². The maximum absolute atomic E-state index is 8.63. The van der Waals surface area contributed by atoms with E-state index in [4.69, 9.17) is 10.8 Å². The van der Waals surface area contributed by atoms with Crippen molar-refractivity contribution in [3.8, 4) is 0 Å². The second kappa shape index (κ2) is 4.67. The number of hydrogen-bond donors (Lipinski definition) is 0. The average Bonchev–Trinajstić information content (AvgIpc) is 2.28. The molecule has 0 fully saturated rings. The fourth-order valence-electron chi connectivity index (χ4n) is 1.71. The van der Waals surface area contributed by atoms with E-state index in [1.54, 1.807) is 12.0 Å². The lowest BCUT2D eigenvalue weighted by molar-refractivity contribution is 1.21. The Morgan fingerprint density at radius 3 is 1.12 bits per heavy atom. The third-order valence-corrected chi connectivity index (χ3v) is 2.87. The van der Waals surface area contributed by atoms with Gasteiger partial charge in [-0.25, -0.2) is 0 Å². The summed E-state index contributed by atoms with van der Waals surface area (Å²) in [5, 5.41) is 17.3. The Bertz CT molecular complexity index is 452. The van der Waals surface area contributed by atoms with Gasteiger partial charge in [0.05, 0.1) is 0 Å². The van der Waals surface area contributed by atoms with Crippen molar-refractivity contribution in [1.82, 2.24) is 0 Å². The third-order valence-electron chi connectivity index (χ3n) is 2.87. The van der Waals surface area contributed by atoms with Gasteiger partial charge in [0, 0.05) is 0 Å². The van der Waals surface area contributed by atoms with Gasteiger partial charge < -0.3 is 20.8 Å². The lowest BCUT2D eigenvalue weighted by Crippen LogP contribution is -1.92. The normalized spacial score (nSPS) is 9.25. The topological polar surface area (TPSA) is 69.3 Å². The maximum atomic E-state index is 8.63. The number of benzene rings is 1. The van der Waals surface area contributed by atoms with Gasteiger partial charge >= 0.3 is 0 Å². The summed E-state index contributed by atoms with van der Waals surface area (Å²) in [4.78, 5) is 7.62. The molecule has 0 saturated carbocycles. The number of rotatable bonds is 2. The van der Waals surface area contributed by atoms with E-state index in [1.165, 1.54) is 0 Å². The van der Waals surface area contributed by atoms with Gasteiger partial charge in [0.25, 0.3) is 0 Å². The Labute approximate surface area is 94.8 Å². The highest BCUT2D eigenvalue weighted by atomic mass is 14.8. The van der Waals surface area contributed by atoms with Crippen LogP contribution in [0, 0.1) is 27.7 Å². The quantitative estimate of drug-likeness (QED) is 0.671. The number of hydrogen-bond acceptors (Lipinski definition) is 2. The Kier molecular flexibility index (Phi) is 3.51. The van der Waals surface area contributed by atoms with E-state index in [2.05, 4.69) is 9.98 Å². The van der Waals surface area contributed by atoms with Crippen LogP contribution in [0.1, 0.15) is 22.3 Å². The average molecular weight is 212 g/mol. The first-order chi connectivity index (χ1) is 7.54. The van der Waals surface area contributed by atoms with Crippen LogP contribution in [0.2, 0.25) is 0 Å². The molecule has 1 rings (SSSR count). The highest BCUT2D eigenvalue weighted by molar-refractivity contribution is 5.73. The molecule has 0 N–H and O–H groups in total. The van der Waals surface area contributed by atoms with Crippen LogP contribution in [0.4, 0.5) is 11.4 Å². The molecule has 0 radical (unpaired) electrons. The molecule has 1 aromatic rings. The monoisotopic (exact) mass is 212 g/mol. The molecule has 4 heteroatoms. The largest absolute Gasteiger partial charge is 0.422 e. The van der Waals surface area contributed by atoms with Gasteiger partial charge in [0.2, 0.25) is 0 Å². The lowest BCUT2D eigenvalue weighted by atomic mass is 9.96. The van der Waals surface area contributed by atoms with Gasteiger partial charge in [0.15, 0.2) is 0 Å². The molecule has 0 unspecified atom stereocenters. The van der Waals surface area contributed by atoms with E-state index in [0.717, 1.165) is 22.3 Å². The molecule has 0 saturated heterocycles. The zero-order valence-electron chi connectivity index (χ0n) is 9.79.